The monoisotopic (exact) mass is 312 g/mol. The summed E-state index contributed by atoms with van der Waals surface area (Å²) >= 11 is 0. The van der Waals surface area contributed by atoms with Gasteiger partial charge in [-0.25, -0.2) is 0 Å². The van der Waals surface area contributed by atoms with Crippen LogP contribution in [-0.4, -0.2) is 85.2 Å². The highest BCUT2D eigenvalue weighted by molar-refractivity contribution is 4.89. The van der Waals surface area contributed by atoms with E-state index in [9.17, 15) is 5.11 Å². The van der Waals surface area contributed by atoms with Crippen molar-refractivity contribution >= 4 is 0 Å². The molecule has 22 heavy (non-hydrogen) atoms. The zero-order valence-corrected chi connectivity index (χ0v) is 13.7. The Morgan fingerprint density at radius 2 is 1.82 bits per heavy atom. The van der Waals surface area contributed by atoms with Crippen molar-refractivity contribution in [1.82, 2.24) is 9.80 Å². The quantitative estimate of drug-likeness (QED) is 0.680. The first-order valence-corrected chi connectivity index (χ1v) is 9.06. The highest BCUT2D eigenvalue weighted by Gasteiger charge is 2.39. The molecule has 128 valence electrons. The van der Waals surface area contributed by atoms with Gasteiger partial charge in [0.1, 0.15) is 0 Å². The van der Waals surface area contributed by atoms with E-state index in [0.29, 0.717) is 13.2 Å². The Kier molecular flexibility index (Phi) is 6.10. The van der Waals surface area contributed by atoms with Crippen LogP contribution < -0.4 is 0 Å². The van der Waals surface area contributed by atoms with Crippen molar-refractivity contribution in [2.75, 3.05) is 59.1 Å². The van der Waals surface area contributed by atoms with Crippen molar-refractivity contribution in [2.24, 2.45) is 17.8 Å². The predicted molar refractivity (Wildman–Crippen MR) is 85.7 cm³/mol. The summed E-state index contributed by atoms with van der Waals surface area (Å²) in [6.45, 7) is 6.96. The van der Waals surface area contributed by atoms with E-state index >= 15 is 0 Å². The van der Waals surface area contributed by atoms with E-state index in [1.807, 2.05) is 0 Å². The summed E-state index contributed by atoms with van der Waals surface area (Å²) in [6.07, 6.45) is 5.25. The molecular formula is C17H32N2O3. The minimum absolute atomic E-state index is 0.236. The lowest BCUT2D eigenvalue weighted by Gasteiger charge is -2.35. The first-order valence-electron chi connectivity index (χ1n) is 9.06. The average molecular weight is 312 g/mol. The molecule has 0 spiro atoms. The molecule has 5 nitrogen and oxygen atoms in total. The third-order valence-electron chi connectivity index (χ3n) is 5.88. The van der Waals surface area contributed by atoms with E-state index in [0.717, 1.165) is 57.1 Å². The molecule has 1 saturated heterocycles. The number of rotatable bonds is 8. The van der Waals surface area contributed by atoms with Crippen LogP contribution in [0.1, 0.15) is 25.7 Å². The number of ether oxygens (including phenoxy) is 1. The number of β-amino-alcohol motifs (C(OH)–C–C–N with tert-alkyl or cyclic N) is 2. The molecule has 2 aliphatic carbocycles. The molecule has 2 bridgehead atoms. The SMILES string of the molecule is OCCN1CCN(CC(O)COCC2CC3CCC2C3)CC1. The molecule has 0 aromatic carbocycles. The van der Waals surface area contributed by atoms with E-state index in [1.165, 1.54) is 25.7 Å². The standard InChI is InChI=1S/C17H32N2O3/c20-8-7-18-3-5-19(6-4-18)11-17(21)13-22-12-16-10-14-1-2-15(16)9-14/h14-17,20-21H,1-13H2. The molecule has 0 aromatic rings. The minimum atomic E-state index is -0.372. The first kappa shape index (κ1) is 16.7. The zero-order chi connectivity index (χ0) is 15.4. The van der Waals surface area contributed by atoms with Crippen LogP contribution in [0.15, 0.2) is 0 Å². The van der Waals surface area contributed by atoms with Crippen LogP contribution in [0.2, 0.25) is 0 Å². The van der Waals surface area contributed by atoms with E-state index in [-0.39, 0.29) is 12.7 Å². The Morgan fingerprint density at radius 3 is 2.45 bits per heavy atom. The summed E-state index contributed by atoms with van der Waals surface area (Å²) in [5.74, 6) is 2.63. The molecule has 3 rings (SSSR count). The Bertz CT molecular complexity index is 334. The van der Waals surface area contributed by atoms with Crippen LogP contribution in [-0.2, 0) is 4.74 Å². The Labute approximate surface area is 134 Å². The lowest BCUT2D eigenvalue weighted by molar-refractivity contribution is -0.00919. The van der Waals surface area contributed by atoms with E-state index in [2.05, 4.69) is 9.80 Å². The molecule has 1 heterocycles. The fraction of sp³-hybridized carbons (Fsp3) is 1.00. The van der Waals surface area contributed by atoms with Crippen LogP contribution in [0.3, 0.4) is 0 Å². The number of hydrogen-bond acceptors (Lipinski definition) is 5. The number of fused-ring (bicyclic) bond motifs is 2. The largest absolute Gasteiger partial charge is 0.395 e. The second kappa shape index (κ2) is 8.06. The Morgan fingerprint density at radius 1 is 1.05 bits per heavy atom. The van der Waals surface area contributed by atoms with Crippen LogP contribution in [0.5, 0.6) is 0 Å². The van der Waals surface area contributed by atoms with Gasteiger partial charge in [-0.3, -0.25) is 9.80 Å². The Hall–Kier alpha value is -0.200. The third-order valence-corrected chi connectivity index (χ3v) is 5.88. The van der Waals surface area contributed by atoms with Crippen molar-refractivity contribution in [3.8, 4) is 0 Å². The summed E-state index contributed by atoms with van der Waals surface area (Å²) in [5.41, 5.74) is 0. The summed E-state index contributed by atoms with van der Waals surface area (Å²) in [4.78, 5) is 4.58. The molecule has 4 unspecified atom stereocenters. The maximum Gasteiger partial charge on any atom is 0.0900 e. The smallest absolute Gasteiger partial charge is 0.0900 e. The second-order valence-electron chi connectivity index (χ2n) is 7.49. The van der Waals surface area contributed by atoms with Gasteiger partial charge in [0.05, 0.1) is 19.3 Å². The van der Waals surface area contributed by atoms with Crippen molar-refractivity contribution in [1.29, 1.82) is 0 Å². The maximum atomic E-state index is 10.2. The second-order valence-corrected chi connectivity index (χ2v) is 7.49. The molecule has 2 saturated carbocycles. The lowest BCUT2D eigenvalue weighted by Crippen LogP contribution is -2.49. The van der Waals surface area contributed by atoms with Gasteiger partial charge in [0, 0.05) is 45.9 Å². The molecular weight excluding hydrogens is 280 g/mol. The summed E-state index contributed by atoms with van der Waals surface area (Å²) in [7, 11) is 0. The minimum Gasteiger partial charge on any atom is -0.395 e. The van der Waals surface area contributed by atoms with Gasteiger partial charge in [-0.15, -0.1) is 0 Å². The van der Waals surface area contributed by atoms with Gasteiger partial charge >= 0.3 is 0 Å². The van der Waals surface area contributed by atoms with Gasteiger partial charge < -0.3 is 14.9 Å². The van der Waals surface area contributed by atoms with Crippen molar-refractivity contribution < 1.29 is 14.9 Å². The zero-order valence-electron chi connectivity index (χ0n) is 13.7. The highest BCUT2D eigenvalue weighted by Crippen LogP contribution is 2.48. The van der Waals surface area contributed by atoms with Gasteiger partial charge in [0.15, 0.2) is 0 Å². The van der Waals surface area contributed by atoms with Crippen LogP contribution >= 0.6 is 0 Å². The van der Waals surface area contributed by atoms with E-state index in [1.54, 1.807) is 0 Å². The summed E-state index contributed by atoms with van der Waals surface area (Å²) in [6, 6.07) is 0. The first-order chi connectivity index (χ1) is 10.7. The molecule has 1 aliphatic heterocycles. The normalized spacial score (nSPS) is 34.4. The summed E-state index contributed by atoms with van der Waals surface area (Å²) in [5, 5.41) is 19.1. The molecule has 3 aliphatic rings. The van der Waals surface area contributed by atoms with Crippen LogP contribution in [0, 0.1) is 17.8 Å². The molecule has 4 atom stereocenters. The van der Waals surface area contributed by atoms with Crippen molar-refractivity contribution in [3.63, 3.8) is 0 Å². The lowest BCUT2D eigenvalue weighted by atomic mass is 9.90. The number of nitrogens with zero attached hydrogens (tertiary/aromatic N) is 2. The predicted octanol–water partition coefficient (Wildman–Crippen LogP) is 0.410. The molecule has 2 N–H and O–H groups in total. The van der Waals surface area contributed by atoms with Gasteiger partial charge in [-0.1, -0.05) is 6.42 Å². The summed E-state index contributed by atoms with van der Waals surface area (Å²) < 4.78 is 5.81. The third kappa shape index (κ3) is 4.42. The Balaban J connectivity index is 1.26. The molecule has 0 radical (unpaired) electrons. The highest BCUT2D eigenvalue weighted by atomic mass is 16.5. The topological polar surface area (TPSA) is 56.2 Å². The fourth-order valence-electron chi connectivity index (χ4n) is 4.62. The number of piperazine rings is 1. The van der Waals surface area contributed by atoms with Gasteiger partial charge in [0.25, 0.3) is 0 Å². The molecule has 3 fully saturated rings. The molecule has 0 aromatic heterocycles. The van der Waals surface area contributed by atoms with Crippen molar-refractivity contribution in [2.45, 2.75) is 31.8 Å². The van der Waals surface area contributed by atoms with E-state index < -0.39 is 0 Å². The van der Waals surface area contributed by atoms with E-state index in [4.69, 9.17) is 9.84 Å². The van der Waals surface area contributed by atoms with Crippen molar-refractivity contribution in [3.05, 3.63) is 0 Å². The number of hydrogen-bond donors (Lipinski definition) is 2. The number of aliphatic hydroxyl groups excluding tert-OH is 2. The van der Waals surface area contributed by atoms with Gasteiger partial charge in [0.2, 0.25) is 0 Å². The number of aliphatic hydroxyl groups is 2. The maximum absolute atomic E-state index is 10.2. The van der Waals surface area contributed by atoms with Gasteiger partial charge in [-0.05, 0) is 37.0 Å². The fourth-order valence-corrected chi connectivity index (χ4v) is 4.62. The molecule has 5 heteroatoms. The van der Waals surface area contributed by atoms with Gasteiger partial charge in [-0.2, -0.15) is 0 Å². The average Bonchev–Trinajstić information content (AvgIpc) is 3.12. The van der Waals surface area contributed by atoms with Crippen LogP contribution in [0.25, 0.3) is 0 Å². The molecule has 0 amide bonds. The van der Waals surface area contributed by atoms with Crippen LogP contribution in [0.4, 0.5) is 0 Å².